The molecule has 1 N–H and O–H groups in total. The van der Waals surface area contributed by atoms with Crippen LogP contribution in [0.15, 0.2) is 0 Å². The average molecular weight is 330 g/mol. The van der Waals surface area contributed by atoms with Crippen LogP contribution in [0.5, 0.6) is 0 Å². The lowest BCUT2D eigenvalue weighted by molar-refractivity contribution is -0.0361. The van der Waals surface area contributed by atoms with Crippen molar-refractivity contribution in [2.24, 2.45) is 0 Å². The van der Waals surface area contributed by atoms with Gasteiger partial charge < -0.3 is 19.5 Å². The van der Waals surface area contributed by atoms with E-state index in [4.69, 9.17) is 9.47 Å². The minimum Gasteiger partial charge on any atom is -0.444 e. The standard InChI is InChI=1S/C16H30N2O5/c1-11(19)12-10-17(13(20)22-15(2,3)4)8-9-18(12)14(21)23-16(5,6)7/h11-12,19H,8-10H2,1-7H3/t11-,12+/m1/s1. The first-order valence-corrected chi connectivity index (χ1v) is 7.96. The highest BCUT2D eigenvalue weighted by Crippen LogP contribution is 2.20. The summed E-state index contributed by atoms with van der Waals surface area (Å²) in [5.74, 6) is 0. The highest BCUT2D eigenvalue weighted by atomic mass is 16.6. The molecule has 1 fully saturated rings. The van der Waals surface area contributed by atoms with Gasteiger partial charge in [0.2, 0.25) is 0 Å². The molecular formula is C16H30N2O5. The quantitative estimate of drug-likeness (QED) is 0.797. The van der Waals surface area contributed by atoms with Crippen LogP contribution in [0.2, 0.25) is 0 Å². The highest BCUT2D eigenvalue weighted by molar-refractivity contribution is 5.71. The van der Waals surface area contributed by atoms with Crippen molar-refractivity contribution in [2.75, 3.05) is 19.6 Å². The van der Waals surface area contributed by atoms with E-state index in [0.29, 0.717) is 13.1 Å². The van der Waals surface area contributed by atoms with E-state index in [2.05, 4.69) is 0 Å². The minimum absolute atomic E-state index is 0.214. The molecule has 7 heteroatoms. The van der Waals surface area contributed by atoms with Gasteiger partial charge in [-0.05, 0) is 48.5 Å². The van der Waals surface area contributed by atoms with Crippen LogP contribution >= 0.6 is 0 Å². The molecule has 1 aliphatic heterocycles. The molecule has 0 aromatic rings. The Morgan fingerprint density at radius 2 is 1.48 bits per heavy atom. The van der Waals surface area contributed by atoms with Crippen LogP contribution in [0.25, 0.3) is 0 Å². The lowest BCUT2D eigenvalue weighted by Crippen LogP contribution is -2.61. The Bertz CT molecular complexity index is 437. The SMILES string of the molecule is C[C@@H](O)[C@@H]1CN(C(=O)OC(C)(C)C)CCN1C(=O)OC(C)(C)C. The molecule has 2 atom stereocenters. The monoisotopic (exact) mass is 330 g/mol. The normalized spacial score (nSPS) is 21.0. The number of aliphatic hydroxyl groups excluding tert-OH is 1. The molecule has 7 nitrogen and oxygen atoms in total. The molecule has 23 heavy (non-hydrogen) atoms. The fourth-order valence-electron chi connectivity index (χ4n) is 2.26. The maximum absolute atomic E-state index is 12.3. The zero-order chi connectivity index (χ0) is 18.0. The number of hydrogen-bond acceptors (Lipinski definition) is 5. The largest absolute Gasteiger partial charge is 0.444 e. The van der Waals surface area contributed by atoms with Crippen molar-refractivity contribution in [1.29, 1.82) is 0 Å². The number of amides is 2. The Morgan fingerprint density at radius 1 is 1.00 bits per heavy atom. The van der Waals surface area contributed by atoms with Gasteiger partial charge in [-0.2, -0.15) is 0 Å². The second kappa shape index (κ2) is 6.95. The number of ether oxygens (including phenoxy) is 2. The lowest BCUT2D eigenvalue weighted by Gasteiger charge is -2.42. The summed E-state index contributed by atoms with van der Waals surface area (Å²) in [5, 5.41) is 10.00. The van der Waals surface area contributed by atoms with Gasteiger partial charge in [-0.15, -0.1) is 0 Å². The second-order valence-electron chi connectivity index (χ2n) is 7.91. The van der Waals surface area contributed by atoms with Gasteiger partial charge in [0.15, 0.2) is 0 Å². The number of carbonyl (C=O) groups is 2. The first-order valence-electron chi connectivity index (χ1n) is 7.96. The summed E-state index contributed by atoms with van der Waals surface area (Å²) in [7, 11) is 0. The molecular weight excluding hydrogens is 300 g/mol. The molecule has 2 amide bonds. The maximum Gasteiger partial charge on any atom is 0.410 e. The predicted molar refractivity (Wildman–Crippen MR) is 86.2 cm³/mol. The van der Waals surface area contributed by atoms with E-state index in [9.17, 15) is 14.7 Å². The van der Waals surface area contributed by atoms with E-state index in [0.717, 1.165) is 0 Å². The first kappa shape index (κ1) is 19.5. The summed E-state index contributed by atoms with van der Waals surface area (Å²) in [4.78, 5) is 27.5. The van der Waals surface area contributed by atoms with Crippen LogP contribution in [-0.2, 0) is 9.47 Å². The molecule has 1 saturated heterocycles. The Kier molecular flexibility index (Phi) is 5.90. The summed E-state index contributed by atoms with van der Waals surface area (Å²) in [6.07, 6.45) is -1.70. The topological polar surface area (TPSA) is 79.3 Å². The number of piperazine rings is 1. The van der Waals surface area contributed by atoms with E-state index in [1.54, 1.807) is 48.5 Å². The van der Waals surface area contributed by atoms with Crippen molar-refractivity contribution in [3.8, 4) is 0 Å². The van der Waals surface area contributed by atoms with E-state index in [-0.39, 0.29) is 6.54 Å². The third kappa shape index (κ3) is 6.25. The van der Waals surface area contributed by atoms with E-state index >= 15 is 0 Å². The van der Waals surface area contributed by atoms with Crippen molar-refractivity contribution in [3.05, 3.63) is 0 Å². The summed E-state index contributed by atoms with van der Waals surface area (Å²) in [6, 6.07) is -0.522. The number of rotatable bonds is 1. The third-order valence-corrected chi connectivity index (χ3v) is 3.26. The molecule has 0 aliphatic carbocycles. The van der Waals surface area contributed by atoms with Gasteiger partial charge in [0, 0.05) is 19.6 Å². The lowest BCUT2D eigenvalue weighted by atomic mass is 10.1. The van der Waals surface area contributed by atoms with Crippen molar-refractivity contribution in [1.82, 2.24) is 9.80 Å². The molecule has 1 heterocycles. The van der Waals surface area contributed by atoms with Crippen LogP contribution in [0.3, 0.4) is 0 Å². The fourth-order valence-corrected chi connectivity index (χ4v) is 2.26. The molecule has 1 aliphatic rings. The van der Waals surface area contributed by atoms with Gasteiger partial charge in [0.05, 0.1) is 12.1 Å². The fraction of sp³-hybridized carbons (Fsp3) is 0.875. The molecule has 0 unspecified atom stereocenters. The van der Waals surface area contributed by atoms with Gasteiger partial charge in [-0.3, -0.25) is 4.90 Å². The Hall–Kier alpha value is -1.50. The molecule has 0 aromatic heterocycles. The summed E-state index contributed by atoms with van der Waals surface area (Å²) in [6.45, 7) is 13.2. The predicted octanol–water partition coefficient (Wildman–Crippen LogP) is 2.22. The number of aliphatic hydroxyl groups is 1. The van der Waals surface area contributed by atoms with Crippen LogP contribution < -0.4 is 0 Å². The molecule has 0 spiro atoms. The number of carbonyl (C=O) groups excluding carboxylic acids is 2. The number of hydrogen-bond donors (Lipinski definition) is 1. The molecule has 0 radical (unpaired) electrons. The molecule has 0 aromatic carbocycles. The van der Waals surface area contributed by atoms with E-state index in [1.165, 1.54) is 9.80 Å². The van der Waals surface area contributed by atoms with Crippen molar-refractivity contribution in [2.45, 2.75) is 71.8 Å². The maximum atomic E-state index is 12.3. The smallest absolute Gasteiger partial charge is 0.410 e. The van der Waals surface area contributed by atoms with Gasteiger partial charge >= 0.3 is 12.2 Å². The second-order valence-corrected chi connectivity index (χ2v) is 7.91. The van der Waals surface area contributed by atoms with Crippen LogP contribution in [0.4, 0.5) is 9.59 Å². The summed E-state index contributed by atoms with van der Waals surface area (Å²) >= 11 is 0. The zero-order valence-corrected chi connectivity index (χ0v) is 15.3. The molecule has 0 bridgehead atoms. The van der Waals surface area contributed by atoms with Gasteiger partial charge in [-0.25, -0.2) is 9.59 Å². The van der Waals surface area contributed by atoms with Crippen molar-refractivity contribution in [3.63, 3.8) is 0 Å². The van der Waals surface area contributed by atoms with Crippen LogP contribution in [0.1, 0.15) is 48.5 Å². The Morgan fingerprint density at radius 3 is 1.91 bits per heavy atom. The average Bonchev–Trinajstić information content (AvgIpc) is 2.33. The zero-order valence-electron chi connectivity index (χ0n) is 15.3. The molecule has 134 valence electrons. The molecule has 0 saturated carbocycles. The van der Waals surface area contributed by atoms with Gasteiger partial charge in [0.1, 0.15) is 11.2 Å². The van der Waals surface area contributed by atoms with Gasteiger partial charge in [0.25, 0.3) is 0 Å². The van der Waals surface area contributed by atoms with Gasteiger partial charge in [-0.1, -0.05) is 0 Å². The van der Waals surface area contributed by atoms with Crippen molar-refractivity contribution < 1.29 is 24.2 Å². The Labute approximate surface area is 138 Å². The third-order valence-electron chi connectivity index (χ3n) is 3.26. The van der Waals surface area contributed by atoms with Crippen molar-refractivity contribution >= 4 is 12.2 Å². The van der Waals surface area contributed by atoms with E-state index < -0.39 is 35.5 Å². The highest BCUT2D eigenvalue weighted by Gasteiger charge is 2.38. The Balaban J connectivity index is 2.78. The first-order chi connectivity index (χ1) is 10.3. The van der Waals surface area contributed by atoms with E-state index in [1.807, 2.05) is 0 Å². The van der Waals surface area contributed by atoms with Crippen LogP contribution in [0, 0.1) is 0 Å². The van der Waals surface area contributed by atoms with Crippen LogP contribution in [-0.4, -0.2) is 70.1 Å². The molecule has 1 rings (SSSR count). The minimum atomic E-state index is -0.784. The summed E-state index contributed by atoms with van der Waals surface area (Å²) < 4.78 is 10.7. The summed E-state index contributed by atoms with van der Waals surface area (Å²) in [5.41, 5.74) is -1.19. The number of nitrogens with zero attached hydrogens (tertiary/aromatic N) is 2.